The van der Waals surface area contributed by atoms with E-state index in [1.165, 1.54) is 6.07 Å². The zero-order chi connectivity index (χ0) is 7.72. The summed E-state index contributed by atoms with van der Waals surface area (Å²) in [6.07, 6.45) is 0. The largest absolute Gasteiger partial charge is 0.207 e. The van der Waals surface area contributed by atoms with Gasteiger partial charge < -0.3 is 0 Å². The first-order valence-corrected chi connectivity index (χ1v) is 4.28. The molecule has 1 aromatic carbocycles. The summed E-state index contributed by atoms with van der Waals surface area (Å²) in [6.45, 7) is 0. The van der Waals surface area contributed by atoms with Crippen molar-refractivity contribution in [3.05, 3.63) is 31.8 Å². The van der Waals surface area contributed by atoms with E-state index >= 15 is 0 Å². The van der Waals surface area contributed by atoms with Gasteiger partial charge in [-0.1, -0.05) is 0 Å². The second kappa shape index (κ2) is 3.13. The van der Waals surface area contributed by atoms with Crippen LogP contribution in [0.2, 0.25) is 0 Å². The Balaban J connectivity index is 3.31. The van der Waals surface area contributed by atoms with Gasteiger partial charge in [0.2, 0.25) is 0 Å². The van der Waals surface area contributed by atoms with E-state index in [4.69, 9.17) is 0 Å². The first kappa shape index (κ1) is 8.39. The lowest BCUT2D eigenvalue weighted by Crippen LogP contribution is -1.85. The number of hydrogen-bond acceptors (Lipinski definition) is 0. The van der Waals surface area contributed by atoms with E-state index in [1.807, 2.05) is 0 Å². The fraction of sp³-hybridized carbons (Fsp3) is 0. The van der Waals surface area contributed by atoms with E-state index in [2.05, 4.69) is 15.9 Å². The Morgan fingerprint density at radius 3 is 2.40 bits per heavy atom. The molecule has 0 aliphatic heterocycles. The molecule has 0 heterocycles. The minimum Gasteiger partial charge on any atom is -0.207 e. The van der Waals surface area contributed by atoms with Crippen molar-refractivity contribution < 1.29 is 8.78 Å². The third-order valence-corrected chi connectivity index (χ3v) is 3.41. The Kier molecular flexibility index (Phi) is 2.62. The molecular formula is C6H2BrF2I. The molecule has 1 rings (SSSR count). The molecule has 0 radical (unpaired) electrons. The van der Waals surface area contributed by atoms with E-state index in [0.29, 0.717) is 8.04 Å². The van der Waals surface area contributed by atoms with Crippen molar-refractivity contribution >= 4 is 38.5 Å². The van der Waals surface area contributed by atoms with Crippen LogP contribution in [0.25, 0.3) is 0 Å². The van der Waals surface area contributed by atoms with Crippen LogP contribution >= 0.6 is 38.5 Å². The molecule has 1 aromatic rings. The summed E-state index contributed by atoms with van der Waals surface area (Å²) >= 11 is 4.81. The highest BCUT2D eigenvalue weighted by Gasteiger charge is 2.04. The fourth-order valence-electron chi connectivity index (χ4n) is 0.525. The molecule has 0 aromatic heterocycles. The van der Waals surface area contributed by atoms with Crippen LogP contribution in [0.4, 0.5) is 8.78 Å². The van der Waals surface area contributed by atoms with Gasteiger partial charge >= 0.3 is 0 Å². The predicted molar refractivity (Wildman–Crippen MR) is 46.8 cm³/mol. The summed E-state index contributed by atoms with van der Waals surface area (Å²) in [6, 6.07) is 2.08. The predicted octanol–water partition coefficient (Wildman–Crippen LogP) is 3.33. The zero-order valence-corrected chi connectivity index (χ0v) is 8.41. The van der Waals surface area contributed by atoms with Crippen LogP contribution in [-0.4, -0.2) is 0 Å². The van der Waals surface area contributed by atoms with Crippen molar-refractivity contribution in [1.29, 1.82) is 0 Å². The molecule has 0 fully saturated rings. The maximum absolute atomic E-state index is 12.6. The van der Waals surface area contributed by atoms with Crippen LogP contribution < -0.4 is 0 Å². The molecule has 0 bridgehead atoms. The number of rotatable bonds is 0. The molecule has 0 N–H and O–H groups in total. The molecule has 0 saturated carbocycles. The van der Waals surface area contributed by atoms with Gasteiger partial charge in [0.05, 0.1) is 3.57 Å². The third-order valence-electron chi connectivity index (χ3n) is 0.949. The molecule has 0 aliphatic carbocycles. The van der Waals surface area contributed by atoms with Crippen molar-refractivity contribution in [1.82, 2.24) is 0 Å². The second-order valence-corrected chi connectivity index (χ2v) is 3.62. The van der Waals surface area contributed by atoms with Gasteiger partial charge in [-0.25, -0.2) is 8.78 Å². The maximum Gasteiger partial charge on any atom is 0.140 e. The molecule has 0 amide bonds. The third kappa shape index (κ3) is 1.66. The Morgan fingerprint density at radius 1 is 1.30 bits per heavy atom. The highest BCUT2D eigenvalue weighted by Crippen LogP contribution is 2.22. The van der Waals surface area contributed by atoms with Gasteiger partial charge in [-0.3, -0.25) is 0 Å². The highest BCUT2D eigenvalue weighted by atomic mass is 127. The minimum atomic E-state index is -0.565. The molecule has 4 heteroatoms. The van der Waals surface area contributed by atoms with Crippen LogP contribution in [0.3, 0.4) is 0 Å². The van der Waals surface area contributed by atoms with Crippen molar-refractivity contribution in [3.63, 3.8) is 0 Å². The van der Waals surface area contributed by atoms with Gasteiger partial charge in [-0.2, -0.15) is 0 Å². The number of hydrogen-bond donors (Lipinski definition) is 0. The van der Waals surface area contributed by atoms with Gasteiger partial charge in [0.15, 0.2) is 0 Å². The number of benzene rings is 1. The molecule has 0 saturated heterocycles. The molecule has 10 heavy (non-hydrogen) atoms. The first-order valence-electron chi connectivity index (χ1n) is 2.41. The van der Waals surface area contributed by atoms with Crippen molar-refractivity contribution in [2.24, 2.45) is 0 Å². The Morgan fingerprint density at radius 2 is 1.90 bits per heavy atom. The SMILES string of the molecule is Fc1cc(F)c(I)c(Br)c1. The summed E-state index contributed by atoms with van der Waals surface area (Å²) in [5.74, 6) is -1.10. The van der Waals surface area contributed by atoms with E-state index in [0.717, 1.165) is 6.07 Å². The maximum atomic E-state index is 12.6. The van der Waals surface area contributed by atoms with Crippen LogP contribution in [0, 0.1) is 15.2 Å². The lowest BCUT2D eigenvalue weighted by atomic mass is 10.3. The Hall–Kier alpha value is 0.290. The monoisotopic (exact) mass is 318 g/mol. The van der Waals surface area contributed by atoms with Crippen LogP contribution in [-0.2, 0) is 0 Å². The standard InChI is InChI=1S/C6H2BrF2I/c7-4-1-3(8)2-5(9)6(4)10/h1-2H. The van der Waals surface area contributed by atoms with E-state index in [-0.39, 0.29) is 0 Å². The summed E-state index contributed by atoms with van der Waals surface area (Å²) in [4.78, 5) is 0. The highest BCUT2D eigenvalue weighted by molar-refractivity contribution is 14.1. The van der Waals surface area contributed by atoms with Crippen molar-refractivity contribution in [2.45, 2.75) is 0 Å². The average molecular weight is 319 g/mol. The quantitative estimate of drug-likeness (QED) is 0.391. The molecule has 0 unspecified atom stereocenters. The van der Waals surface area contributed by atoms with Crippen molar-refractivity contribution in [2.75, 3.05) is 0 Å². The number of halogens is 4. The molecule has 0 spiro atoms. The molecule has 0 aliphatic rings. The molecule has 54 valence electrons. The lowest BCUT2D eigenvalue weighted by Gasteiger charge is -1.96. The summed E-state index contributed by atoms with van der Waals surface area (Å²) in [5.41, 5.74) is 0. The summed E-state index contributed by atoms with van der Waals surface area (Å²) in [7, 11) is 0. The Labute approximate surface area is 78.9 Å². The van der Waals surface area contributed by atoms with Crippen LogP contribution in [0.15, 0.2) is 16.6 Å². The fourth-order valence-corrected chi connectivity index (χ4v) is 1.24. The smallest absolute Gasteiger partial charge is 0.140 e. The second-order valence-electron chi connectivity index (χ2n) is 1.68. The van der Waals surface area contributed by atoms with Gasteiger partial charge in [-0.15, -0.1) is 0 Å². The van der Waals surface area contributed by atoms with Crippen molar-refractivity contribution in [3.8, 4) is 0 Å². The Bertz CT molecular complexity index is 239. The topological polar surface area (TPSA) is 0 Å². The summed E-state index contributed by atoms with van der Waals surface area (Å²) < 4.78 is 25.7. The lowest BCUT2D eigenvalue weighted by molar-refractivity contribution is 0.577. The van der Waals surface area contributed by atoms with Gasteiger partial charge in [-0.05, 0) is 44.6 Å². The zero-order valence-electron chi connectivity index (χ0n) is 4.67. The van der Waals surface area contributed by atoms with E-state index in [9.17, 15) is 8.78 Å². The molecular weight excluding hydrogens is 317 g/mol. The minimum absolute atomic E-state index is 0.402. The van der Waals surface area contributed by atoms with Gasteiger partial charge in [0, 0.05) is 10.5 Å². The average Bonchev–Trinajstić information content (AvgIpc) is 1.82. The van der Waals surface area contributed by atoms with Gasteiger partial charge in [0.1, 0.15) is 11.6 Å². The van der Waals surface area contributed by atoms with E-state index < -0.39 is 11.6 Å². The first-order chi connectivity index (χ1) is 4.61. The van der Waals surface area contributed by atoms with Crippen LogP contribution in [0.5, 0.6) is 0 Å². The normalized spacial score (nSPS) is 10.0. The summed E-state index contributed by atoms with van der Waals surface area (Å²) in [5, 5.41) is 0. The van der Waals surface area contributed by atoms with E-state index in [1.54, 1.807) is 22.6 Å². The molecule has 0 atom stereocenters. The van der Waals surface area contributed by atoms with Crippen LogP contribution in [0.1, 0.15) is 0 Å². The van der Waals surface area contributed by atoms with Gasteiger partial charge in [0.25, 0.3) is 0 Å². The molecule has 0 nitrogen and oxygen atoms in total.